The van der Waals surface area contributed by atoms with E-state index in [1.807, 2.05) is 6.21 Å². The maximum atomic E-state index is 5.57. The molecule has 0 bridgehead atoms. The van der Waals surface area contributed by atoms with Gasteiger partial charge in [0.05, 0.1) is 0 Å². The quantitative estimate of drug-likeness (QED) is 0.542. The molecule has 0 amide bonds. The zero-order valence-electron chi connectivity index (χ0n) is 5.59. The van der Waals surface area contributed by atoms with Crippen LogP contribution in [0.25, 0.3) is 0 Å². The summed E-state index contributed by atoms with van der Waals surface area (Å²) in [5.74, 6) is 0. The van der Waals surface area contributed by atoms with Crippen LogP contribution in [0.3, 0.4) is 0 Å². The summed E-state index contributed by atoms with van der Waals surface area (Å²) in [5, 5.41) is 0. The van der Waals surface area contributed by atoms with Crippen LogP contribution in [0.2, 0.25) is 0 Å². The molecule has 0 aromatic rings. The monoisotopic (exact) mass is 114 g/mol. The van der Waals surface area contributed by atoms with Gasteiger partial charge in [0.25, 0.3) is 0 Å². The summed E-state index contributed by atoms with van der Waals surface area (Å²) in [6.45, 7) is 2.08. The highest BCUT2D eigenvalue weighted by atomic mass is 14.7. The van der Waals surface area contributed by atoms with Crippen molar-refractivity contribution in [2.24, 2.45) is 10.7 Å². The van der Waals surface area contributed by atoms with Crippen LogP contribution in [-0.4, -0.2) is 19.3 Å². The number of rotatable bonds is 3. The van der Waals surface area contributed by atoms with Crippen LogP contribution in [0, 0.1) is 0 Å². The Morgan fingerprint density at radius 3 is 2.75 bits per heavy atom. The van der Waals surface area contributed by atoms with Gasteiger partial charge in [-0.1, -0.05) is 6.92 Å². The minimum atomic E-state index is 0.304. The van der Waals surface area contributed by atoms with Gasteiger partial charge in [-0.25, -0.2) is 0 Å². The van der Waals surface area contributed by atoms with E-state index < -0.39 is 0 Å². The zero-order chi connectivity index (χ0) is 6.41. The Hall–Kier alpha value is -0.370. The standard InChI is InChI=1S/C6H14N2/c1-3-6(7)4-5-8-2/h5-6H,3-4,7H2,1-2H3. The molecule has 0 aliphatic rings. The Morgan fingerprint density at radius 2 is 2.38 bits per heavy atom. The number of aliphatic imine (C=N–C) groups is 1. The summed E-state index contributed by atoms with van der Waals surface area (Å²) in [7, 11) is 1.77. The van der Waals surface area contributed by atoms with Crippen LogP contribution in [0.4, 0.5) is 0 Å². The summed E-state index contributed by atoms with van der Waals surface area (Å²) < 4.78 is 0. The summed E-state index contributed by atoms with van der Waals surface area (Å²) in [5.41, 5.74) is 5.57. The van der Waals surface area contributed by atoms with E-state index >= 15 is 0 Å². The lowest BCUT2D eigenvalue weighted by Crippen LogP contribution is -2.18. The van der Waals surface area contributed by atoms with Gasteiger partial charge in [-0.2, -0.15) is 0 Å². The van der Waals surface area contributed by atoms with E-state index in [-0.39, 0.29) is 0 Å². The van der Waals surface area contributed by atoms with E-state index in [0.29, 0.717) is 6.04 Å². The molecule has 0 aliphatic carbocycles. The van der Waals surface area contributed by atoms with Gasteiger partial charge in [0.15, 0.2) is 0 Å². The molecule has 0 aromatic carbocycles. The second kappa shape index (κ2) is 4.78. The molecule has 8 heavy (non-hydrogen) atoms. The SMILES string of the molecule is CCC(N)CC=NC. The first-order valence-electron chi connectivity index (χ1n) is 2.97. The molecule has 2 N–H and O–H groups in total. The molecule has 0 radical (unpaired) electrons. The van der Waals surface area contributed by atoms with Gasteiger partial charge in [0, 0.05) is 13.1 Å². The first kappa shape index (κ1) is 7.63. The molecule has 1 unspecified atom stereocenters. The molecule has 2 heteroatoms. The molecule has 0 aliphatic heterocycles. The van der Waals surface area contributed by atoms with Crippen LogP contribution in [0.1, 0.15) is 19.8 Å². The normalized spacial score (nSPS) is 14.9. The number of nitrogens with two attached hydrogens (primary N) is 1. The van der Waals surface area contributed by atoms with Crippen molar-refractivity contribution in [2.75, 3.05) is 7.05 Å². The van der Waals surface area contributed by atoms with Crippen molar-refractivity contribution in [1.82, 2.24) is 0 Å². The molecule has 0 heterocycles. The highest BCUT2D eigenvalue weighted by molar-refractivity contribution is 5.57. The summed E-state index contributed by atoms with van der Waals surface area (Å²) in [6.07, 6.45) is 3.80. The Bertz CT molecular complexity index is 68.9. The van der Waals surface area contributed by atoms with Gasteiger partial charge in [-0.15, -0.1) is 0 Å². The lowest BCUT2D eigenvalue weighted by molar-refractivity contribution is 0.680. The number of nitrogens with zero attached hydrogens (tertiary/aromatic N) is 1. The van der Waals surface area contributed by atoms with Gasteiger partial charge >= 0.3 is 0 Å². The predicted octanol–water partition coefficient (Wildman–Crippen LogP) is 0.814. The van der Waals surface area contributed by atoms with Crippen molar-refractivity contribution < 1.29 is 0 Å². The van der Waals surface area contributed by atoms with Gasteiger partial charge in [-0.05, 0) is 19.1 Å². The topological polar surface area (TPSA) is 38.4 Å². The lowest BCUT2D eigenvalue weighted by atomic mass is 10.2. The molecule has 48 valence electrons. The maximum Gasteiger partial charge on any atom is 0.0273 e. The molecule has 1 atom stereocenters. The first-order valence-corrected chi connectivity index (χ1v) is 2.97. The molecule has 0 saturated heterocycles. The van der Waals surface area contributed by atoms with Gasteiger partial charge in [0.2, 0.25) is 0 Å². The molecule has 0 saturated carbocycles. The van der Waals surface area contributed by atoms with Crippen LogP contribution in [0.15, 0.2) is 4.99 Å². The van der Waals surface area contributed by atoms with E-state index in [2.05, 4.69) is 11.9 Å². The van der Waals surface area contributed by atoms with Gasteiger partial charge in [-0.3, -0.25) is 0 Å². The number of hydrogen-bond donors (Lipinski definition) is 1. The lowest BCUT2D eigenvalue weighted by Gasteiger charge is -2.00. The molecule has 2 nitrogen and oxygen atoms in total. The maximum absolute atomic E-state index is 5.57. The molecule has 0 aromatic heterocycles. The Morgan fingerprint density at radius 1 is 1.75 bits per heavy atom. The average molecular weight is 114 g/mol. The van der Waals surface area contributed by atoms with E-state index in [1.165, 1.54) is 0 Å². The fraction of sp³-hybridized carbons (Fsp3) is 0.833. The third-order valence-corrected chi connectivity index (χ3v) is 1.12. The largest absolute Gasteiger partial charge is 0.327 e. The zero-order valence-corrected chi connectivity index (χ0v) is 5.59. The highest BCUT2D eigenvalue weighted by Crippen LogP contribution is 1.88. The van der Waals surface area contributed by atoms with Crippen LogP contribution in [-0.2, 0) is 0 Å². The first-order chi connectivity index (χ1) is 3.81. The van der Waals surface area contributed by atoms with E-state index in [4.69, 9.17) is 5.73 Å². The van der Waals surface area contributed by atoms with E-state index in [9.17, 15) is 0 Å². The van der Waals surface area contributed by atoms with Crippen molar-refractivity contribution in [3.63, 3.8) is 0 Å². The highest BCUT2D eigenvalue weighted by Gasteiger charge is 1.92. The van der Waals surface area contributed by atoms with Crippen molar-refractivity contribution in [2.45, 2.75) is 25.8 Å². The van der Waals surface area contributed by atoms with Crippen molar-refractivity contribution >= 4 is 6.21 Å². The van der Waals surface area contributed by atoms with Crippen LogP contribution in [0.5, 0.6) is 0 Å². The Labute approximate surface area is 50.8 Å². The van der Waals surface area contributed by atoms with Gasteiger partial charge in [0.1, 0.15) is 0 Å². The molecule has 0 rings (SSSR count). The molecular formula is C6H14N2. The fourth-order valence-corrected chi connectivity index (χ4v) is 0.407. The third kappa shape index (κ3) is 3.81. The minimum absolute atomic E-state index is 0.304. The summed E-state index contributed by atoms with van der Waals surface area (Å²) in [4.78, 5) is 3.82. The third-order valence-electron chi connectivity index (χ3n) is 1.12. The summed E-state index contributed by atoms with van der Waals surface area (Å²) >= 11 is 0. The van der Waals surface area contributed by atoms with Crippen molar-refractivity contribution in [3.05, 3.63) is 0 Å². The van der Waals surface area contributed by atoms with Crippen molar-refractivity contribution in [1.29, 1.82) is 0 Å². The second-order valence-electron chi connectivity index (χ2n) is 1.84. The summed E-state index contributed by atoms with van der Waals surface area (Å²) in [6, 6.07) is 0.304. The van der Waals surface area contributed by atoms with Crippen LogP contribution >= 0.6 is 0 Å². The Balaban J connectivity index is 3.10. The number of hydrogen-bond acceptors (Lipinski definition) is 2. The second-order valence-corrected chi connectivity index (χ2v) is 1.84. The molecule has 0 fully saturated rings. The van der Waals surface area contributed by atoms with Gasteiger partial charge < -0.3 is 10.7 Å². The average Bonchev–Trinajstić information content (AvgIpc) is 1.83. The van der Waals surface area contributed by atoms with Crippen LogP contribution < -0.4 is 5.73 Å². The van der Waals surface area contributed by atoms with E-state index in [1.54, 1.807) is 7.05 Å². The predicted molar refractivity (Wildman–Crippen MR) is 37.3 cm³/mol. The minimum Gasteiger partial charge on any atom is -0.327 e. The smallest absolute Gasteiger partial charge is 0.0273 e. The van der Waals surface area contributed by atoms with E-state index in [0.717, 1.165) is 12.8 Å². The van der Waals surface area contributed by atoms with Crippen molar-refractivity contribution in [3.8, 4) is 0 Å². The molecule has 0 spiro atoms. The fourth-order valence-electron chi connectivity index (χ4n) is 0.407. The molecular weight excluding hydrogens is 100 g/mol. The Kier molecular flexibility index (Phi) is 4.56.